The van der Waals surface area contributed by atoms with Crippen LogP contribution in [0.5, 0.6) is 0 Å². The molecular weight excluding hydrogens is 366 g/mol. The summed E-state index contributed by atoms with van der Waals surface area (Å²) in [5.41, 5.74) is 1.27. The molecule has 0 aliphatic rings. The molecule has 6 nitrogen and oxygen atoms in total. The van der Waals surface area contributed by atoms with Gasteiger partial charge in [-0.3, -0.25) is 4.79 Å². The molecule has 2 N–H and O–H groups in total. The van der Waals surface area contributed by atoms with E-state index >= 15 is 0 Å². The highest BCUT2D eigenvalue weighted by Crippen LogP contribution is 2.30. The van der Waals surface area contributed by atoms with Crippen molar-refractivity contribution in [3.05, 3.63) is 66.1 Å². The van der Waals surface area contributed by atoms with E-state index in [2.05, 4.69) is 19.9 Å². The van der Waals surface area contributed by atoms with E-state index in [9.17, 15) is 13.6 Å². The standard InChI is InChI=1S/C20H14F2N4O2/c21-12-8-13-14(10-23-18(13)15(22)9-12)20-25-16(6-7-17(27)28)24-19(26-20)11-4-2-1-3-5-11/h1-5,8-10,23H,6-7H2,(H,27,28). The maximum atomic E-state index is 14.0. The molecule has 0 saturated heterocycles. The Morgan fingerprint density at radius 3 is 2.54 bits per heavy atom. The molecule has 0 aliphatic carbocycles. The zero-order chi connectivity index (χ0) is 19.7. The predicted octanol–water partition coefficient (Wildman–Crippen LogP) is 3.98. The zero-order valence-electron chi connectivity index (χ0n) is 14.5. The molecule has 8 heteroatoms. The van der Waals surface area contributed by atoms with Crippen LogP contribution in [0.2, 0.25) is 0 Å². The number of aryl methyl sites for hydroxylation is 1. The molecule has 0 amide bonds. The van der Waals surface area contributed by atoms with Crippen molar-refractivity contribution in [2.24, 2.45) is 0 Å². The highest BCUT2D eigenvalue weighted by atomic mass is 19.1. The molecule has 2 heterocycles. The number of halogens is 2. The van der Waals surface area contributed by atoms with Gasteiger partial charge in [-0.15, -0.1) is 0 Å². The summed E-state index contributed by atoms with van der Waals surface area (Å²) >= 11 is 0. The summed E-state index contributed by atoms with van der Waals surface area (Å²) in [6.45, 7) is 0. The molecule has 0 fully saturated rings. The first-order valence-corrected chi connectivity index (χ1v) is 8.50. The Balaban J connectivity index is 1.89. The van der Waals surface area contributed by atoms with E-state index in [4.69, 9.17) is 5.11 Å². The smallest absolute Gasteiger partial charge is 0.303 e. The zero-order valence-corrected chi connectivity index (χ0v) is 14.5. The quantitative estimate of drug-likeness (QED) is 0.546. The number of nitrogens with one attached hydrogen (secondary N) is 1. The number of benzene rings is 2. The molecule has 4 aromatic rings. The molecule has 2 aromatic heterocycles. The third-order valence-electron chi connectivity index (χ3n) is 4.22. The Bertz CT molecular complexity index is 1180. The van der Waals surface area contributed by atoms with E-state index in [1.54, 1.807) is 0 Å². The van der Waals surface area contributed by atoms with Crippen molar-refractivity contribution >= 4 is 16.9 Å². The van der Waals surface area contributed by atoms with Crippen molar-refractivity contribution in [2.75, 3.05) is 0 Å². The van der Waals surface area contributed by atoms with Crippen LogP contribution in [0.4, 0.5) is 8.78 Å². The molecular formula is C20H14F2N4O2. The molecule has 0 bridgehead atoms. The van der Waals surface area contributed by atoms with E-state index in [0.29, 0.717) is 16.8 Å². The summed E-state index contributed by atoms with van der Waals surface area (Å²) in [7, 11) is 0. The van der Waals surface area contributed by atoms with Crippen LogP contribution in [0.1, 0.15) is 12.2 Å². The van der Waals surface area contributed by atoms with Gasteiger partial charge in [0.15, 0.2) is 11.6 Å². The largest absolute Gasteiger partial charge is 0.481 e. The van der Waals surface area contributed by atoms with Crippen LogP contribution in [-0.4, -0.2) is 31.0 Å². The van der Waals surface area contributed by atoms with Gasteiger partial charge in [0.25, 0.3) is 0 Å². The number of H-pyrrole nitrogens is 1. The number of rotatable bonds is 5. The summed E-state index contributed by atoms with van der Waals surface area (Å²) in [6.07, 6.45) is 1.46. The predicted molar refractivity (Wildman–Crippen MR) is 98.4 cm³/mol. The lowest BCUT2D eigenvalue weighted by atomic mass is 10.1. The van der Waals surface area contributed by atoms with Gasteiger partial charge in [-0.25, -0.2) is 23.7 Å². The number of hydrogen-bond acceptors (Lipinski definition) is 4. The van der Waals surface area contributed by atoms with E-state index in [-0.39, 0.29) is 30.0 Å². The van der Waals surface area contributed by atoms with Gasteiger partial charge in [0.2, 0.25) is 0 Å². The second-order valence-corrected chi connectivity index (χ2v) is 6.17. The van der Waals surface area contributed by atoms with Crippen molar-refractivity contribution in [1.82, 2.24) is 19.9 Å². The van der Waals surface area contributed by atoms with E-state index in [1.165, 1.54) is 12.3 Å². The molecule has 0 unspecified atom stereocenters. The monoisotopic (exact) mass is 380 g/mol. The van der Waals surface area contributed by atoms with Crippen LogP contribution >= 0.6 is 0 Å². The van der Waals surface area contributed by atoms with Crippen LogP contribution in [-0.2, 0) is 11.2 Å². The molecule has 0 saturated carbocycles. The maximum Gasteiger partial charge on any atom is 0.303 e. The van der Waals surface area contributed by atoms with Gasteiger partial charge in [-0.1, -0.05) is 30.3 Å². The van der Waals surface area contributed by atoms with Gasteiger partial charge < -0.3 is 10.1 Å². The van der Waals surface area contributed by atoms with E-state index in [1.807, 2.05) is 30.3 Å². The Kier molecular flexibility index (Phi) is 4.52. The number of carbonyl (C=O) groups is 1. The topological polar surface area (TPSA) is 91.8 Å². The van der Waals surface area contributed by atoms with Gasteiger partial charge in [0.1, 0.15) is 17.5 Å². The second-order valence-electron chi connectivity index (χ2n) is 6.17. The van der Waals surface area contributed by atoms with Gasteiger partial charge in [-0.2, -0.15) is 0 Å². The highest BCUT2D eigenvalue weighted by molar-refractivity contribution is 5.94. The first-order valence-electron chi connectivity index (χ1n) is 8.50. The fourth-order valence-electron chi connectivity index (χ4n) is 2.93. The van der Waals surface area contributed by atoms with Crippen molar-refractivity contribution in [3.8, 4) is 22.8 Å². The third kappa shape index (κ3) is 3.44. The molecule has 0 radical (unpaired) electrons. The minimum Gasteiger partial charge on any atom is -0.481 e. The van der Waals surface area contributed by atoms with Crippen LogP contribution in [0.3, 0.4) is 0 Å². The highest BCUT2D eigenvalue weighted by Gasteiger charge is 2.17. The maximum absolute atomic E-state index is 14.0. The summed E-state index contributed by atoms with van der Waals surface area (Å²) in [4.78, 5) is 26.8. The van der Waals surface area contributed by atoms with Gasteiger partial charge in [0.05, 0.1) is 11.9 Å². The second kappa shape index (κ2) is 7.15. The van der Waals surface area contributed by atoms with Crippen LogP contribution in [0.15, 0.2) is 48.7 Å². The van der Waals surface area contributed by atoms with Crippen molar-refractivity contribution in [3.63, 3.8) is 0 Å². The Hall–Kier alpha value is -3.68. The molecule has 2 aromatic carbocycles. The SMILES string of the molecule is O=C(O)CCc1nc(-c2ccccc2)nc(-c2c[nH]c3c(F)cc(F)cc23)n1. The normalized spacial score (nSPS) is 11.1. The minimum absolute atomic E-state index is 0.107. The van der Waals surface area contributed by atoms with Crippen LogP contribution in [0.25, 0.3) is 33.7 Å². The molecule has 0 spiro atoms. The fourth-order valence-corrected chi connectivity index (χ4v) is 2.93. The van der Waals surface area contributed by atoms with Gasteiger partial charge >= 0.3 is 5.97 Å². The number of hydrogen-bond donors (Lipinski definition) is 2. The summed E-state index contributed by atoms with van der Waals surface area (Å²) < 4.78 is 27.8. The van der Waals surface area contributed by atoms with Crippen molar-refractivity contribution in [1.29, 1.82) is 0 Å². The van der Waals surface area contributed by atoms with E-state index < -0.39 is 17.6 Å². The molecule has 4 rings (SSSR count). The number of aromatic nitrogens is 4. The Morgan fingerprint density at radius 2 is 1.79 bits per heavy atom. The molecule has 0 atom stereocenters. The molecule has 28 heavy (non-hydrogen) atoms. The number of nitrogens with zero attached hydrogens (tertiary/aromatic N) is 3. The first-order chi connectivity index (χ1) is 13.5. The Labute approximate surface area is 157 Å². The van der Waals surface area contributed by atoms with E-state index in [0.717, 1.165) is 11.6 Å². The third-order valence-corrected chi connectivity index (χ3v) is 4.22. The lowest BCUT2D eigenvalue weighted by Crippen LogP contribution is -2.06. The number of aliphatic carboxylic acids is 1. The average Bonchev–Trinajstić information content (AvgIpc) is 3.11. The number of carboxylic acids is 1. The molecule has 0 aliphatic heterocycles. The number of fused-ring (bicyclic) bond motifs is 1. The minimum atomic E-state index is -0.973. The lowest BCUT2D eigenvalue weighted by molar-refractivity contribution is -0.137. The average molecular weight is 380 g/mol. The molecule has 140 valence electrons. The summed E-state index contributed by atoms with van der Waals surface area (Å²) in [5, 5.41) is 9.26. The van der Waals surface area contributed by atoms with Gasteiger partial charge in [0, 0.05) is 35.2 Å². The fraction of sp³-hybridized carbons (Fsp3) is 0.100. The summed E-state index contributed by atoms with van der Waals surface area (Å²) in [6, 6.07) is 11.1. The first kappa shape index (κ1) is 17.7. The van der Waals surface area contributed by atoms with Crippen LogP contribution < -0.4 is 0 Å². The van der Waals surface area contributed by atoms with Crippen LogP contribution in [0, 0.1) is 11.6 Å². The lowest BCUT2D eigenvalue weighted by Gasteiger charge is -2.07. The van der Waals surface area contributed by atoms with Crippen molar-refractivity contribution < 1.29 is 18.7 Å². The Morgan fingerprint density at radius 1 is 1.04 bits per heavy atom. The van der Waals surface area contributed by atoms with Gasteiger partial charge in [-0.05, 0) is 6.07 Å². The summed E-state index contributed by atoms with van der Waals surface area (Å²) in [5.74, 6) is -1.54. The van der Waals surface area contributed by atoms with Crippen molar-refractivity contribution in [2.45, 2.75) is 12.8 Å². The number of carboxylic acid groups (broad SMARTS) is 1. The number of aromatic amines is 1.